The number of thiophene rings is 1. The number of carbonyl (C=O) groups excluding carboxylic acids is 2. The zero-order valence-electron chi connectivity index (χ0n) is 10.9. The Balaban J connectivity index is 1.96. The standard InChI is InChI=1S/C13H18N2O2S/c1-13(2,10-5-4-6-18-10)8-14-9-7-11(16)15(3)12(9)17/h4-6,9,14H,7-8H2,1-3H3. The van der Waals surface area contributed by atoms with Gasteiger partial charge >= 0.3 is 0 Å². The topological polar surface area (TPSA) is 49.4 Å². The third-order valence-electron chi connectivity index (χ3n) is 3.36. The van der Waals surface area contributed by atoms with Gasteiger partial charge in [0, 0.05) is 23.9 Å². The summed E-state index contributed by atoms with van der Waals surface area (Å²) in [6, 6.07) is 3.77. The summed E-state index contributed by atoms with van der Waals surface area (Å²) in [5, 5.41) is 5.27. The summed E-state index contributed by atoms with van der Waals surface area (Å²) in [4.78, 5) is 25.7. The average Bonchev–Trinajstić information content (AvgIpc) is 2.92. The van der Waals surface area contributed by atoms with Crippen LogP contribution in [-0.4, -0.2) is 36.3 Å². The van der Waals surface area contributed by atoms with Crippen LogP contribution in [-0.2, 0) is 15.0 Å². The van der Waals surface area contributed by atoms with Crippen LogP contribution in [0.3, 0.4) is 0 Å². The highest BCUT2D eigenvalue weighted by molar-refractivity contribution is 7.10. The van der Waals surface area contributed by atoms with Crippen LogP contribution in [0.2, 0.25) is 0 Å². The molecule has 1 aromatic rings. The van der Waals surface area contributed by atoms with E-state index in [2.05, 4.69) is 30.6 Å². The first-order valence-electron chi connectivity index (χ1n) is 5.99. The summed E-state index contributed by atoms with van der Waals surface area (Å²) in [6.45, 7) is 4.96. The molecule has 1 aromatic heterocycles. The third kappa shape index (κ3) is 2.47. The highest BCUT2D eigenvalue weighted by atomic mass is 32.1. The van der Waals surface area contributed by atoms with Crippen molar-refractivity contribution in [1.29, 1.82) is 0 Å². The van der Waals surface area contributed by atoms with E-state index in [0.29, 0.717) is 6.54 Å². The zero-order chi connectivity index (χ0) is 13.3. The van der Waals surface area contributed by atoms with Crippen molar-refractivity contribution in [1.82, 2.24) is 10.2 Å². The molecule has 2 amide bonds. The fourth-order valence-corrected chi connectivity index (χ4v) is 2.90. The molecule has 0 aliphatic carbocycles. The van der Waals surface area contributed by atoms with Crippen molar-refractivity contribution in [3.05, 3.63) is 22.4 Å². The fourth-order valence-electron chi connectivity index (χ4n) is 2.04. The van der Waals surface area contributed by atoms with Gasteiger partial charge in [-0.1, -0.05) is 19.9 Å². The lowest BCUT2D eigenvalue weighted by Crippen LogP contribution is -2.42. The van der Waals surface area contributed by atoms with Gasteiger partial charge in [0.2, 0.25) is 11.8 Å². The maximum absolute atomic E-state index is 11.8. The van der Waals surface area contributed by atoms with Crippen molar-refractivity contribution in [2.45, 2.75) is 31.7 Å². The molecule has 1 aliphatic heterocycles. The SMILES string of the molecule is CN1C(=O)CC(NCC(C)(C)c2cccs2)C1=O. The van der Waals surface area contributed by atoms with Gasteiger partial charge in [-0.05, 0) is 11.4 Å². The monoisotopic (exact) mass is 266 g/mol. The highest BCUT2D eigenvalue weighted by Crippen LogP contribution is 2.27. The van der Waals surface area contributed by atoms with E-state index in [4.69, 9.17) is 0 Å². The number of likely N-dealkylation sites (N-methyl/N-ethyl adjacent to an activating group) is 1. The van der Waals surface area contributed by atoms with Crippen LogP contribution < -0.4 is 5.32 Å². The lowest BCUT2D eigenvalue weighted by molar-refractivity contribution is -0.137. The van der Waals surface area contributed by atoms with Crippen molar-refractivity contribution in [3.63, 3.8) is 0 Å². The van der Waals surface area contributed by atoms with Crippen molar-refractivity contribution in [2.24, 2.45) is 0 Å². The summed E-state index contributed by atoms with van der Waals surface area (Å²) < 4.78 is 0. The molecule has 4 nitrogen and oxygen atoms in total. The second-order valence-electron chi connectivity index (χ2n) is 5.29. The quantitative estimate of drug-likeness (QED) is 0.837. The lowest BCUT2D eigenvalue weighted by Gasteiger charge is -2.25. The molecule has 0 bridgehead atoms. The Bertz CT molecular complexity index is 454. The van der Waals surface area contributed by atoms with E-state index in [9.17, 15) is 9.59 Å². The van der Waals surface area contributed by atoms with Crippen LogP contribution in [0, 0.1) is 0 Å². The first-order valence-corrected chi connectivity index (χ1v) is 6.87. The molecule has 2 heterocycles. The normalized spacial score (nSPS) is 20.8. The van der Waals surface area contributed by atoms with Gasteiger partial charge in [0.15, 0.2) is 0 Å². The lowest BCUT2D eigenvalue weighted by atomic mass is 9.91. The maximum Gasteiger partial charge on any atom is 0.246 e. The van der Waals surface area contributed by atoms with Gasteiger partial charge in [0.1, 0.15) is 0 Å². The number of amides is 2. The Kier molecular flexibility index (Phi) is 3.54. The Morgan fingerprint density at radius 3 is 2.72 bits per heavy atom. The van der Waals surface area contributed by atoms with Crippen molar-refractivity contribution in [2.75, 3.05) is 13.6 Å². The Morgan fingerprint density at radius 1 is 1.50 bits per heavy atom. The van der Waals surface area contributed by atoms with Crippen LogP contribution >= 0.6 is 11.3 Å². The molecule has 98 valence electrons. The highest BCUT2D eigenvalue weighted by Gasteiger charge is 2.36. The van der Waals surface area contributed by atoms with E-state index < -0.39 is 0 Å². The minimum Gasteiger partial charge on any atom is -0.305 e. The molecule has 0 spiro atoms. The number of hydrogen-bond donors (Lipinski definition) is 1. The molecule has 5 heteroatoms. The molecule has 0 saturated carbocycles. The number of hydrogen-bond acceptors (Lipinski definition) is 4. The summed E-state index contributed by atoms with van der Waals surface area (Å²) in [5.41, 5.74) is -0.0291. The van der Waals surface area contributed by atoms with Gasteiger partial charge < -0.3 is 5.32 Å². The number of imide groups is 1. The van der Waals surface area contributed by atoms with Crippen LogP contribution in [0.15, 0.2) is 17.5 Å². The first-order chi connectivity index (χ1) is 8.42. The number of nitrogens with zero attached hydrogens (tertiary/aromatic N) is 1. The molecular formula is C13H18N2O2S. The minimum absolute atomic E-state index is 0.0291. The molecule has 1 unspecified atom stereocenters. The van der Waals surface area contributed by atoms with Gasteiger partial charge in [-0.2, -0.15) is 0 Å². The minimum atomic E-state index is -0.360. The third-order valence-corrected chi connectivity index (χ3v) is 4.60. The van der Waals surface area contributed by atoms with E-state index >= 15 is 0 Å². The summed E-state index contributed by atoms with van der Waals surface area (Å²) in [6.07, 6.45) is 0.274. The summed E-state index contributed by atoms with van der Waals surface area (Å²) >= 11 is 1.71. The second-order valence-corrected chi connectivity index (χ2v) is 6.24. The Labute approximate surface area is 111 Å². The number of rotatable bonds is 4. The van der Waals surface area contributed by atoms with Gasteiger partial charge in [0.05, 0.1) is 12.5 Å². The van der Waals surface area contributed by atoms with Crippen molar-refractivity contribution < 1.29 is 9.59 Å². The summed E-state index contributed by atoms with van der Waals surface area (Å²) in [7, 11) is 1.54. The van der Waals surface area contributed by atoms with E-state index in [1.165, 1.54) is 16.8 Å². The van der Waals surface area contributed by atoms with E-state index in [1.807, 2.05) is 6.07 Å². The molecule has 1 saturated heterocycles. The Morgan fingerprint density at radius 2 is 2.22 bits per heavy atom. The van der Waals surface area contributed by atoms with Gasteiger partial charge in [-0.3, -0.25) is 14.5 Å². The molecule has 18 heavy (non-hydrogen) atoms. The average molecular weight is 266 g/mol. The van der Waals surface area contributed by atoms with Crippen molar-refractivity contribution in [3.8, 4) is 0 Å². The molecule has 2 rings (SSSR count). The fraction of sp³-hybridized carbons (Fsp3) is 0.538. The molecule has 1 atom stereocenters. The van der Waals surface area contributed by atoms with E-state index in [0.717, 1.165) is 0 Å². The number of nitrogens with one attached hydrogen (secondary N) is 1. The van der Waals surface area contributed by atoms with Crippen LogP contribution in [0.25, 0.3) is 0 Å². The predicted octanol–water partition coefficient (Wildman–Crippen LogP) is 1.37. The molecule has 1 aliphatic rings. The first kappa shape index (κ1) is 13.2. The predicted molar refractivity (Wildman–Crippen MR) is 71.5 cm³/mol. The smallest absolute Gasteiger partial charge is 0.246 e. The van der Waals surface area contributed by atoms with E-state index in [1.54, 1.807) is 11.3 Å². The largest absolute Gasteiger partial charge is 0.305 e. The molecule has 0 aromatic carbocycles. The second kappa shape index (κ2) is 4.82. The summed E-state index contributed by atoms with van der Waals surface area (Å²) in [5.74, 6) is -0.228. The van der Waals surface area contributed by atoms with Gasteiger partial charge in [-0.25, -0.2) is 0 Å². The maximum atomic E-state index is 11.8. The van der Waals surface area contributed by atoms with Crippen LogP contribution in [0.1, 0.15) is 25.1 Å². The van der Waals surface area contributed by atoms with Crippen LogP contribution in [0.5, 0.6) is 0 Å². The molecule has 1 fully saturated rings. The Hall–Kier alpha value is -1.20. The zero-order valence-corrected chi connectivity index (χ0v) is 11.7. The number of carbonyl (C=O) groups is 2. The molecule has 0 radical (unpaired) electrons. The molecule has 1 N–H and O–H groups in total. The number of likely N-dealkylation sites (tertiary alicyclic amines) is 1. The van der Waals surface area contributed by atoms with Gasteiger partial charge in [-0.15, -0.1) is 11.3 Å². The van der Waals surface area contributed by atoms with Crippen LogP contribution in [0.4, 0.5) is 0 Å². The van der Waals surface area contributed by atoms with E-state index in [-0.39, 0.29) is 29.7 Å². The van der Waals surface area contributed by atoms with Gasteiger partial charge in [0.25, 0.3) is 0 Å². The van der Waals surface area contributed by atoms with Crippen molar-refractivity contribution >= 4 is 23.2 Å². The molecular weight excluding hydrogens is 248 g/mol.